The highest BCUT2D eigenvalue weighted by atomic mass is 35.5. The molecule has 0 fully saturated rings. The zero-order valence-corrected chi connectivity index (χ0v) is 10.3. The third-order valence-electron chi connectivity index (χ3n) is 3.22. The van der Waals surface area contributed by atoms with E-state index < -0.39 is 11.2 Å². The maximum Gasteiger partial charge on any atom is 0.141 e. The monoisotopic (exact) mass is 245 g/mol. The Morgan fingerprint density at radius 2 is 2.19 bits per heavy atom. The number of aliphatic hydroxyl groups is 1. The lowest BCUT2D eigenvalue weighted by atomic mass is 9.74. The van der Waals surface area contributed by atoms with Crippen LogP contribution in [0.15, 0.2) is 18.2 Å². The maximum absolute atomic E-state index is 13.1. The van der Waals surface area contributed by atoms with Gasteiger partial charge in [0.1, 0.15) is 5.82 Å². The van der Waals surface area contributed by atoms with Crippen LogP contribution in [0.1, 0.15) is 25.8 Å². The summed E-state index contributed by atoms with van der Waals surface area (Å²) in [6.07, 6.45) is 0.520. The smallest absolute Gasteiger partial charge is 0.141 e. The van der Waals surface area contributed by atoms with E-state index in [-0.39, 0.29) is 17.7 Å². The van der Waals surface area contributed by atoms with Crippen molar-refractivity contribution >= 4 is 11.6 Å². The first-order valence-electron chi connectivity index (χ1n) is 5.24. The number of rotatable bonds is 4. The highest BCUT2D eigenvalue weighted by Crippen LogP contribution is 2.32. The normalized spacial score (nSPS) is 16.9. The average Bonchev–Trinajstić information content (AvgIpc) is 2.22. The van der Waals surface area contributed by atoms with E-state index in [1.54, 1.807) is 12.1 Å². The molecule has 0 aliphatic carbocycles. The fourth-order valence-corrected chi connectivity index (χ4v) is 1.90. The van der Waals surface area contributed by atoms with Gasteiger partial charge in [0.25, 0.3) is 0 Å². The summed E-state index contributed by atoms with van der Waals surface area (Å²) < 4.78 is 13.1. The highest BCUT2D eigenvalue weighted by molar-refractivity contribution is 6.30. The van der Waals surface area contributed by atoms with Crippen LogP contribution in [0.2, 0.25) is 5.02 Å². The lowest BCUT2D eigenvalue weighted by molar-refractivity contribution is 0.229. The summed E-state index contributed by atoms with van der Waals surface area (Å²) in [5.74, 6) is -0.443. The molecule has 0 heterocycles. The van der Waals surface area contributed by atoms with Crippen molar-refractivity contribution in [2.24, 2.45) is 5.73 Å². The second-order valence-electron chi connectivity index (χ2n) is 4.31. The van der Waals surface area contributed by atoms with E-state index in [9.17, 15) is 4.39 Å². The SMILES string of the molecule is CC(N)C(C)(CCO)c1ccc(F)c(Cl)c1. The van der Waals surface area contributed by atoms with Crippen molar-refractivity contribution in [2.75, 3.05) is 6.61 Å². The van der Waals surface area contributed by atoms with E-state index in [2.05, 4.69) is 0 Å². The van der Waals surface area contributed by atoms with Crippen LogP contribution in [0.5, 0.6) is 0 Å². The van der Waals surface area contributed by atoms with E-state index in [4.69, 9.17) is 22.4 Å². The van der Waals surface area contributed by atoms with Gasteiger partial charge in [0.15, 0.2) is 0 Å². The molecule has 0 amide bonds. The molecule has 0 spiro atoms. The minimum absolute atomic E-state index is 0.0348. The summed E-state index contributed by atoms with van der Waals surface area (Å²) >= 11 is 5.75. The number of hydrogen-bond donors (Lipinski definition) is 2. The molecule has 1 rings (SSSR count). The van der Waals surface area contributed by atoms with Crippen molar-refractivity contribution in [3.8, 4) is 0 Å². The summed E-state index contributed by atoms with van der Waals surface area (Å²) in [7, 11) is 0. The molecule has 1 aromatic carbocycles. The quantitative estimate of drug-likeness (QED) is 0.856. The molecule has 2 nitrogen and oxygen atoms in total. The van der Waals surface area contributed by atoms with Gasteiger partial charge in [0, 0.05) is 18.1 Å². The summed E-state index contributed by atoms with van der Waals surface area (Å²) in [4.78, 5) is 0. The zero-order chi connectivity index (χ0) is 12.3. The molecule has 0 radical (unpaired) electrons. The van der Waals surface area contributed by atoms with Crippen LogP contribution in [0.25, 0.3) is 0 Å². The largest absolute Gasteiger partial charge is 0.396 e. The summed E-state index contributed by atoms with van der Waals surface area (Å²) in [6.45, 7) is 3.84. The van der Waals surface area contributed by atoms with Crippen molar-refractivity contribution in [3.63, 3.8) is 0 Å². The predicted octanol–water partition coefficient (Wildman–Crippen LogP) is 2.47. The summed E-state index contributed by atoms with van der Waals surface area (Å²) in [6, 6.07) is 4.42. The lowest BCUT2D eigenvalue weighted by Crippen LogP contribution is -2.41. The van der Waals surface area contributed by atoms with Gasteiger partial charge >= 0.3 is 0 Å². The molecule has 0 saturated carbocycles. The van der Waals surface area contributed by atoms with Gasteiger partial charge in [-0.2, -0.15) is 0 Å². The average molecular weight is 246 g/mol. The molecular formula is C12H17ClFNO. The Labute approximate surface area is 100 Å². The van der Waals surface area contributed by atoms with Crippen molar-refractivity contribution in [3.05, 3.63) is 34.6 Å². The second kappa shape index (κ2) is 5.13. The van der Waals surface area contributed by atoms with Gasteiger partial charge in [-0.3, -0.25) is 0 Å². The molecule has 2 atom stereocenters. The first kappa shape index (κ1) is 13.4. The fraction of sp³-hybridized carbons (Fsp3) is 0.500. The predicted molar refractivity (Wildman–Crippen MR) is 64.1 cm³/mol. The number of benzene rings is 1. The van der Waals surface area contributed by atoms with Gasteiger partial charge in [-0.15, -0.1) is 0 Å². The van der Waals surface area contributed by atoms with Gasteiger partial charge in [-0.1, -0.05) is 24.6 Å². The molecule has 0 aromatic heterocycles. The Balaban J connectivity index is 3.16. The van der Waals surface area contributed by atoms with Gasteiger partial charge in [-0.05, 0) is 31.0 Å². The summed E-state index contributed by atoms with van der Waals surface area (Å²) in [5.41, 5.74) is 6.38. The number of aliphatic hydroxyl groups excluding tert-OH is 1. The fourth-order valence-electron chi connectivity index (χ4n) is 1.72. The van der Waals surface area contributed by atoms with Crippen LogP contribution in [0.4, 0.5) is 4.39 Å². The van der Waals surface area contributed by atoms with E-state index in [1.165, 1.54) is 6.07 Å². The zero-order valence-electron chi connectivity index (χ0n) is 9.50. The number of hydrogen-bond acceptors (Lipinski definition) is 2. The molecule has 0 bridgehead atoms. The molecule has 0 saturated heterocycles. The van der Waals surface area contributed by atoms with Crippen LogP contribution < -0.4 is 5.73 Å². The molecule has 3 N–H and O–H groups in total. The number of halogens is 2. The van der Waals surface area contributed by atoms with Gasteiger partial charge in [0.2, 0.25) is 0 Å². The van der Waals surface area contributed by atoms with Crippen LogP contribution in [-0.4, -0.2) is 17.8 Å². The van der Waals surface area contributed by atoms with Crippen molar-refractivity contribution in [1.29, 1.82) is 0 Å². The van der Waals surface area contributed by atoms with E-state index in [1.807, 2.05) is 13.8 Å². The van der Waals surface area contributed by atoms with Gasteiger partial charge in [-0.25, -0.2) is 4.39 Å². The molecule has 90 valence electrons. The third-order valence-corrected chi connectivity index (χ3v) is 3.50. The highest BCUT2D eigenvalue weighted by Gasteiger charge is 2.30. The third kappa shape index (κ3) is 2.54. The van der Waals surface area contributed by atoms with E-state index in [0.717, 1.165) is 5.56 Å². The molecule has 0 aliphatic rings. The number of nitrogens with two attached hydrogens (primary N) is 1. The standard InChI is InChI=1S/C12H17ClFNO/c1-8(15)12(2,5-6-16)9-3-4-11(14)10(13)7-9/h3-4,7-8,16H,5-6,15H2,1-2H3. The first-order chi connectivity index (χ1) is 7.41. The minimum Gasteiger partial charge on any atom is -0.396 e. The molecular weight excluding hydrogens is 229 g/mol. The molecule has 4 heteroatoms. The molecule has 16 heavy (non-hydrogen) atoms. The van der Waals surface area contributed by atoms with Crippen LogP contribution in [-0.2, 0) is 5.41 Å². The maximum atomic E-state index is 13.1. The van der Waals surface area contributed by atoms with Crippen molar-refractivity contribution in [2.45, 2.75) is 31.7 Å². The first-order valence-corrected chi connectivity index (χ1v) is 5.61. The van der Waals surface area contributed by atoms with Gasteiger partial charge < -0.3 is 10.8 Å². The Morgan fingerprint density at radius 1 is 1.56 bits per heavy atom. The van der Waals surface area contributed by atoms with Crippen LogP contribution >= 0.6 is 11.6 Å². The summed E-state index contributed by atoms with van der Waals surface area (Å²) in [5, 5.41) is 9.16. The van der Waals surface area contributed by atoms with Gasteiger partial charge in [0.05, 0.1) is 5.02 Å². The minimum atomic E-state index is -0.443. The molecule has 1 aromatic rings. The van der Waals surface area contributed by atoms with Crippen molar-refractivity contribution < 1.29 is 9.50 Å². The van der Waals surface area contributed by atoms with Crippen LogP contribution in [0.3, 0.4) is 0 Å². The van der Waals surface area contributed by atoms with Crippen molar-refractivity contribution in [1.82, 2.24) is 0 Å². The Hall–Kier alpha value is -0.640. The Morgan fingerprint density at radius 3 is 2.62 bits per heavy atom. The molecule has 2 unspecified atom stereocenters. The topological polar surface area (TPSA) is 46.2 Å². The molecule has 0 aliphatic heterocycles. The van der Waals surface area contributed by atoms with E-state index in [0.29, 0.717) is 6.42 Å². The second-order valence-corrected chi connectivity index (χ2v) is 4.72. The van der Waals surface area contributed by atoms with E-state index >= 15 is 0 Å². The lowest BCUT2D eigenvalue weighted by Gasteiger charge is -2.33. The Kier molecular flexibility index (Phi) is 4.30. The Bertz CT molecular complexity index is 370. The van der Waals surface area contributed by atoms with Crippen LogP contribution in [0, 0.1) is 5.82 Å².